The Labute approximate surface area is 148 Å². The summed E-state index contributed by atoms with van der Waals surface area (Å²) in [6.45, 7) is 1.43. The van der Waals surface area contributed by atoms with E-state index in [0.717, 1.165) is 0 Å². The number of nitriles is 1. The van der Waals surface area contributed by atoms with Gasteiger partial charge in [-0.05, 0) is 43.3 Å². The second kappa shape index (κ2) is 7.82. The summed E-state index contributed by atoms with van der Waals surface area (Å²) >= 11 is 11.9. The molecule has 0 aromatic heterocycles. The van der Waals surface area contributed by atoms with Crippen LogP contribution in [-0.2, 0) is 9.53 Å². The van der Waals surface area contributed by atoms with Crippen LogP contribution in [0.1, 0.15) is 22.8 Å². The number of benzene rings is 2. The third kappa shape index (κ3) is 4.25. The van der Waals surface area contributed by atoms with Crippen molar-refractivity contribution < 1.29 is 14.3 Å². The standard InChI is InChI=1S/C17H12Cl2N2O3/c1-10(16(22)21-12-7-5-11(9-20)6-8-12)24-17(23)15-13(18)3-2-4-14(15)19/h2-8,10H,1H3,(H,21,22)/t10-/m1/s1. The highest BCUT2D eigenvalue weighted by molar-refractivity contribution is 6.39. The Balaban J connectivity index is 2.03. The summed E-state index contributed by atoms with van der Waals surface area (Å²) in [4.78, 5) is 24.2. The molecule has 24 heavy (non-hydrogen) atoms. The van der Waals surface area contributed by atoms with E-state index < -0.39 is 18.0 Å². The summed E-state index contributed by atoms with van der Waals surface area (Å²) in [6, 6.07) is 12.9. The van der Waals surface area contributed by atoms with Crippen LogP contribution in [0.2, 0.25) is 10.0 Å². The van der Waals surface area contributed by atoms with Crippen LogP contribution in [0.15, 0.2) is 42.5 Å². The highest BCUT2D eigenvalue weighted by Gasteiger charge is 2.22. The van der Waals surface area contributed by atoms with Crippen molar-refractivity contribution in [2.24, 2.45) is 0 Å². The van der Waals surface area contributed by atoms with E-state index in [-0.39, 0.29) is 15.6 Å². The molecule has 0 saturated carbocycles. The van der Waals surface area contributed by atoms with Gasteiger partial charge in [0.25, 0.3) is 5.91 Å². The molecule has 7 heteroatoms. The number of carbonyl (C=O) groups is 2. The molecule has 0 unspecified atom stereocenters. The highest BCUT2D eigenvalue weighted by Crippen LogP contribution is 2.25. The topological polar surface area (TPSA) is 79.2 Å². The van der Waals surface area contributed by atoms with E-state index in [0.29, 0.717) is 11.3 Å². The molecule has 0 saturated heterocycles. The second-order valence-electron chi connectivity index (χ2n) is 4.82. The largest absolute Gasteiger partial charge is 0.449 e. The number of carbonyl (C=O) groups excluding carboxylic acids is 2. The van der Waals surface area contributed by atoms with E-state index in [1.165, 1.54) is 19.1 Å². The van der Waals surface area contributed by atoms with Gasteiger partial charge >= 0.3 is 5.97 Å². The van der Waals surface area contributed by atoms with Gasteiger partial charge in [0, 0.05) is 5.69 Å². The van der Waals surface area contributed by atoms with Crippen molar-refractivity contribution >= 4 is 40.8 Å². The fourth-order valence-electron chi connectivity index (χ4n) is 1.84. The van der Waals surface area contributed by atoms with Gasteiger partial charge in [0.2, 0.25) is 0 Å². The molecule has 0 heterocycles. The van der Waals surface area contributed by atoms with Crippen molar-refractivity contribution in [1.82, 2.24) is 0 Å². The number of esters is 1. The van der Waals surface area contributed by atoms with Crippen LogP contribution in [0, 0.1) is 11.3 Å². The van der Waals surface area contributed by atoms with Crippen molar-refractivity contribution in [1.29, 1.82) is 5.26 Å². The van der Waals surface area contributed by atoms with E-state index in [1.807, 2.05) is 6.07 Å². The maximum atomic E-state index is 12.1. The van der Waals surface area contributed by atoms with Gasteiger partial charge in [-0.2, -0.15) is 5.26 Å². The van der Waals surface area contributed by atoms with Crippen LogP contribution in [0.3, 0.4) is 0 Å². The summed E-state index contributed by atoms with van der Waals surface area (Å²) in [5, 5.41) is 11.6. The van der Waals surface area contributed by atoms with Crippen molar-refractivity contribution in [3.05, 3.63) is 63.6 Å². The Morgan fingerprint density at radius 1 is 1.12 bits per heavy atom. The molecular weight excluding hydrogens is 351 g/mol. The first-order valence-electron chi connectivity index (χ1n) is 6.88. The SMILES string of the molecule is C[C@@H](OC(=O)c1c(Cl)cccc1Cl)C(=O)Nc1ccc(C#N)cc1. The molecule has 0 aliphatic heterocycles. The number of nitrogens with one attached hydrogen (secondary N) is 1. The van der Waals surface area contributed by atoms with E-state index in [9.17, 15) is 9.59 Å². The van der Waals surface area contributed by atoms with Gasteiger partial charge in [-0.3, -0.25) is 4.79 Å². The lowest BCUT2D eigenvalue weighted by atomic mass is 10.2. The number of nitrogens with zero attached hydrogens (tertiary/aromatic N) is 1. The smallest absolute Gasteiger partial charge is 0.341 e. The van der Waals surface area contributed by atoms with Crippen LogP contribution in [0.25, 0.3) is 0 Å². The minimum absolute atomic E-state index is 0.0128. The van der Waals surface area contributed by atoms with E-state index >= 15 is 0 Å². The normalized spacial score (nSPS) is 11.2. The van der Waals surface area contributed by atoms with Gasteiger partial charge in [0.05, 0.1) is 27.2 Å². The molecule has 5 nitrogen and oxygen atoms in total. The predicted molar refractivity (Wildman–Crippen MR) is 91.1 cm³/mol. The fraction of sp³-hybridized carbons (Fsp3) is 0.118. The van der Waals surface area contributed by atoms with Gasteiger partial charge in [0.1, 0.15) is 0 Å². The van der Waals surface area contributed by atoms with Crippen molar-refractivity contribution in [3.8, 4) is 6.07 Å². The zero-order chi connectivity index (χ0) is 17.7. The third-order valence-electron chi connectivity index (χ3n) is 3.10. The minimum Gasteiger partial charge on any atom is -0.449 e. The predicted octanol–water partition coefficient (Wildman–Crippen LogP) is 4.05. The maximum Gasteiger partial charge on any atom is 0.341 e. The molecule has 0 aliphatic rings. The van der Waals surface area contributed by atoms with Crippen molar-refractivity contribution in [3.63, 3.8) is 0 Å². The van der Waals surface area contributed by atoms with Crippen molar-refractivity contribution in [2.45, 2.75) is 13.0 Å². The number of anilines is 1. The fourth-order valence-corrected chi connectivity index (χ4v) is 2.39. The molecule has 0 fully saturated rings. The third-order valence-corrected chi connectivity index (χ3v) is 3.73. The molecule has 2 aromatic carbocycles. The lowest BCUT2D eigenvalue weighted by Gasteiger charge is -2.14. The molecule has 122 valence electrons. The first kappa shape index (κ1) is 17.8. The number of hydrogen-bond acceptors (Lipinski definition) is 4. The van der Waals surface area contributed by atoms with E-state index in [1.54, 1.807) is 30.3 Å². The molecule has 1 amide bonds. The van der Waals surface area contributed by atoms with Gasteiger partial charge in [0.15, 0.2) is 6.10 Å². The molecule has 0 bridgehead atoms. The first-order chi connectivity index (χ1) is 11.4. The highest BCUT2D eigenvalue weighted by atomic mass is 35.5. The number of ether oxygens (including phenoxy) is 1. The Hall–Kier alpha value is -2.55. The Morgan fingerprint density at radius 2 is 1.71 bits per heavy atom. The van der Waals surface area contributed by atoms with Crippen LogP contribution < -0.4 is 5.32 Å². The zero-order valence-corrected chi connectivity index (χ0v) is 14.1. The summed E-state index contributed by atoms with van der Waals surface area (Å²) in [5.74, 6) is -1.30. The molecule has 1 N–H and O–H groups in total. The maximum absolute atomic E-state index is 12.1. The van der Waals surface area contributed by atoms with Crippen LogP contribution in [-0.4, -0.2) is 18.0 Å². The van der Waals surface area contributed by atoms with Crippen LogP contribution >= 0.6 is 23.2 Å². The van der Waals surface area contributed by atoms with Gasteiger partial charge in [-0.15, -0.1) is 0 Å². The molecule has 0 aliphatic carbocycles. The molecule has 0 spiro atoms. The molecular formula is C17H12Cl2N2O3. The zero-order valence-electron chi connectivity index (χ0n) is 12.5. The van der Waals surface area contributed by atoms with Gasteiger partial charge in [-0.25, -0.2) is 4.79 Å². The average molecular weight is 363 g/mol. The van der Waals surface area contributed by atoms with Crippen LogP contribution in [0.4, 0.5) is 5.69 Å². The number of halogens is 2. The number of amides is 1. The molecule has 2 aromatic rings. The summed E-state index contributed by atoms with van der Waals surface area (Å²) in [5.41, 5.74) is 0.970. The number of hydrogen-bond donors (Lipinski definition) is 1. The Bertz CT molecular complexity index is 793. The Morgan fingerprint density at radius 3 is 2.25 bits per heavy atom. The monoisotopic (exact) mass is 362 g/mol. The molecule has 0 radical (unpaired) electrons. The lowest BCUT2D eigenvalue weighted by Crippen LogP contribution is -2.30. The van der Waals surface area contributed by atoms with Crippen LogP contribution in [0.5, 0.6) is 0 Å². The summed E-state index contributed by atoms with van der Waals surface area (Å²) < 4.78 is 5.10. The van der Waals surface area contributed by atoms with E-state index in [4.69, 9.17) is 33.2 Å². The van der Waals surface area contributed by atoms with Gasteiger partial charge in [-0.1, -0.05) is 29.3 Å². The van der Waals surface area contributed by atoms with E-state index in [2.05, 4.69) is 5.32 Å². The minimum atomic E-state index is -1.06. The first-order valence-corrected chi connectivity index (χ1v) is 7.64. The summed E-state index contributed by atoms with van der Waals surface area (Å²) in [7, 11) is 0. The second-order valence-corrected chi connectivity index (χ2v) is 5.64. The average Bonchev–Trinajstić information content (AvgIpc) is 2.55. The molecule has 1 atom stereocenters. The Kier molecular flexibility index (Phi) is 5.80. The lowest BCUT2D eigenvalue weighted by molar-refractivity contribution is -0.123. The van der Waals surface area contributed by atoms with Crippen molar-refractivity contribution in [2.75, 3.05) is 5.32 Å². The quantitative estimate of drug-likeness (QED) is 0.832. The van der Waals surface area contributed by atoms with Gasteiger partial charge < -0.3 is 10.1 Å². The number of rotatable bonds is 4. The summed E-state index contributed by atoms with van der Waals surface area (Å²) in [6.07, 6.45) is -1.06. The molecule has 2 rings (SSSR count).